The van der Waals surface area contributed by atoms with Crippen LogP contribution in [0.4, 0.5) is 0 Å². The van der Waals surface area contributed by atoms with Gasteiger partial charge in [-0.2, -0.15) is 0 Å². The lowest BCUT2D eigenvalue weighted by molar-refractivity contribution is -0.153. The summed E-state index contributed by atoms with van der Waals surface area (Å²) < 4.78 is 11.0. The Morgan fingerprint density at radius 2 is 1.74 bits per heavy atom. The summed E-state index contributed by atoms with van der Waals surface area (Å²) in [4.78, 5) is 22.8. The molecule has 0 aromatic rings. The lowest BCUT2D eigenvalue weighted by atomic mass is 9.72. The maximum absolute atomic E-state index is 11.6. The second-order valence-corrected chi connectivity index (χ2v) is 11.4. The van der Waals surface area contributed by atoms with Crippen LogP contribution in [0.3, 0.4) is 0 Å². The smallest absolute Gasteiger partial charge is 0.302 e. The normalized spacial score (nSPS) is 28.9. The molecule has 0 N–H and O–H groups in total. The van der Waals surface area contributed by atoms with Crippen molar-refractivity contribution >= 4 is 33.5 Å². The molecule has 0 bridgehead atoms. The van der Waals surface area contributed by atoms with Crippen LogP contribution in [0.2, 0.25) is 0 Å². The second kappa shape index (κ2) is 11.4. The number of rotatable bonds is 8. The van der Waals surface area contributed by atoms with Crippen molar-refractivity contribution in [3.05, 3.63) is 12.2 Å². The van der Waals surface area contributed by atoms with E-state index in [0.29, 0.717) is 23.9 Å². The van der Waals surface area contributed by atoms with Gasteiger partial charge in [0.05, 0.1) is 11.9 Å². The summed E-state index contributed by atoms with van der Waals surface area (Å²) in [5, 5.41) is 0.210. The first kappa shape index (κ1) is 24.4. The number of hydrogen-bond acceptors (Lipinski definition) is 6. The molecule has 1 aliphatic carbocycles. The van der Waals surface area contributed by atoms with Crippen LogP contribution in [0.1, 0.15) is 61.3 Å². The molecule has 1 fully saturated rings. The fourth-order valence-corrected chi connectivity index (χ4v) is 6.06. The molecule has 1 saturated carbocycles. The first-order chi connectivity index (χ1) is 12.5. The minimum Gasteiger partial charge on any atom is -0.466 e. The third-order valence-electron chi connectivity index (χ3n) is 5.05. The Morgan fingerprint density at radius 1 is 1.07 bits per heavy atom. The Kier molecular flexibility index (Phi) is 10.3. The lowest BCUT2D eigenvalue weighted by Crippen LogP contribution is -2.46. The Hall–Kier alpha value is -0.620. The van der Waals surface area contributed by atoms with Gasteiger partial charge in [0.25, 0.3) is 0 Å². The maximum Gasteiger partial charge on any atom is 0.302 e. The number of carbonyl (C=O) groups is 2. The molecule has 1 rings (SSSR count). The molecule has 6 heteroatoms. The Balaban J connectivity index is 2.65. The summed E-state index contributed by atoms with van der Waals surface area (Å²) in [5.41, 5.74) is 0.313. The number of esters is 2. The fourth-order valence-electron chi connectivity index (χ4n) is 3.30. The lowest BCUT2D eigenvalue weighted by Gasteiger charge is -2.43. The molecule has 5 atom stereocenters. The largest absolute Gasteiger partial charge is 0.466 e. The standard InChI is InChI=1S/C21H36O4S2/c1-14-15(2)20(25-17(4)23)19(12-18(14)13-24-16(3)22)27-26-11-9-8-10-21(5,6)7/h8-9,14-15,18-20H,10-13H2,1-7H3/b9-8-/t14-,15-,18?,19+,20?/m0/s1. The van der Waals surface area contributed by atoms with Crippen LogP contribution in [0.5, 0.6) is 0 Å². The summed E-state index contributed by atoms with van der Waals surface area (Å²) in [6.07, 6.45) is 6.32. The van der Waals surface area contributed by atoms with E-state index < -0.39 is 0 Å². The van der Waals surface area contributed by atoms with Gasteiger partial charge in [-0.1, -0.05) is 68.4 Å². The van der Waals surface area contributed by atoms with Crippen LogP contribution in [-0.4, -0.2) is 35.7 Å². The summed E-state index contributed by atoms with van der Waals surface area (Å²) in [5.74, 6) is 1.34. The minimum absolute atomic E-state index is 0.0952. The molecule has 0 saturated heterocycles. The highest BCUT2D eigenvalue weighted by Crippen LogP contribution is 2.45. The van der Waals surface area contributed by atoms with Gasteiger partial charge in [0, 0.05) is 19.6 Å². The highest BCUT2D eigenvalue weighted by molar-refractivity contribution is 8.77. The summed E-state index contributed by atoms with van der Waals surface area (Å²) in [7, 11) is 3.60. The van der Waals surface area contributed by atoms with Gasteiger partial charge in [0.2, 0.25) is 0 Å². The number of carbonyl (C=O) groups excluding carboxylic acids is 2. The molecule has 0 heterocycles. The maximum atomic E-state index is 11.6. The van der Waals surface area contributed by atoms with E-state index in [1.165, 1.54) is 13.8 Å². The topological polar surface area (TPSA) is 52.6 Å². The van der Waals surface area contributed by atoms with Crippen molar-refractivity contribution in [1.29, 1.82) is 0 Å². The summed E-state index contributed by atoms with van der Waals surface area (Å²) >= 11 is 0. The third kappa shape index (κ3) is 9.42. The Labute approximate surface area is 173 Å². The van der Waals surface area contributed by atoms with Gasteiger partial charge >= 0.3 is 11.9 Å². The van der Waals surface area contributed by atoms with Crippen molar-refractivity contribution in [3.63, 3.8) is 0 Å². The number of allylic oxidation sites excluding steroid dienone is 1. The molecule has 0 radical (unpaired) electrons. The van der Waals surface area contributed by atoms with Crippen molar-refractivity contribution in [1.82, 2.24) is 0 Å². The van der Waals surface area contributed by atoms with Crippen LogP contribution < -0.4 is 0 Å². The first-order valence-electron chi connectivity index (χ1n) is 9.75. The van der Waals surface area contributed by atoms with Gasteiger partial charge in [0.1, 0.15) is 6.10 Å². The Bertz CT molecular complexity index is 511. The zero-order valence-corrected chi connectivity index (χ0v) is 19.5. The molecule has 0 amide bonds. The minimum atomic E-state index is -0.237. The van der Waals surface area contributed by atoms with E-state index in [-0.39, 0.29) is 29.2 Å². The number of hydrogen-bond donors (Lipinski definition) is 0. The summed E-state index contributed by atoms with van der Waals surface area (Å²) in [6, 6.07) is 0. The quantitative estimate of drug-likeness (QED) is 0.225. The van der Waals surface area contributed by atoms with E-state index in [9.17, 15) is 9.59 Å². The van der Waals surface area contributed by atoms with E-state index in [1.54, 1.807) is 21.6 Å². The average Bonchev–Trinajstić information content (AvgIpc) is 2.54. The van der Waals surface area contributed by atoms with Crippen molar-refractivity contribution in [2.75, 3.05) is 12.4 Å². The van der Waals surface area contributed by atoms with Crippen LogP contribution in [-0.2, 0) is 19.1 Å². The second-order valence-electron chi connectivity index (χ2n) is 8.75. The van der Waals surface area contributed by atoms with Gasteiger partial charge in [-0.15, -0.1) is 0 Å². The molecule has 1 aliphatic rings. The van der Waals surface area contributed by atoms with Crippen molar-refractivity contribution in [2.45, 2.75) is 72.7 Å². The predicted molar refractivity (Wildman–Crippen MR) is 116 cm³/mol. The molecule has 156 valence electrons. The van der Waals surface area contributed by atoms with Gasteiger partial charge in [0.15, 0.2) is 0 Å². The van der Waals surface area contributed by atoms with E-state index in [4.69, 9.17) is 9.47 Å². The molecule has 0 spiro atoms. The molecule has 4 nitrogen and oxygen atoms in total. The van der Waals surface area contributed by atoms with Gasteiger partial charge < -0.3 is 9.47 Å². The highest BCUT2D eigenvalue weighted by Gasteiger charge is 2.43. The Morgan fingerprint density at radius 3 is 2.30 bits per heavy atom. The molecular weight excluding hydrogens is 380 g/mol. The van der Waals surface area contributed by atoms with Crippen molar-refractivity contribution in [2.24, 2.45) is 23.2 Å². The molecule has 0 aromatic heterocycles. The highest BCUT2D eigenvalue weighted by atomic mass is 33.1. The van der Waals surface area contributed by atoms with Gasteiger partial charge in [-0.05, 0) is 36.0 Å². The van der Waals surface area contributed by atoms with E-state index >= 15 is 0 Å². The van der Waals surface area contributed by atoms with Crippen molar-refractivity contribution in [3.8, 4) is 0 Å². The first-order valence-corrected chi connectivity index (χ1v) is 12.1. The van der Waals surface area contributed by atoms with Crippen LogP contribution in [0.15, 0.2) is 12.2 Å². The monoisotopic (exact) mass is 416 g/mol. The molecule has 27 heavy (non-hydrogen) atoms. The van der Waals surface area contributed by atoms with Gasteiger partial charge in [-0.3, -0.25) is 9.59 Å². The summed E-state index contributed by atoms with van der Waals surface area (Å²) in [6.45, 7) is 14.4. The third-order valence-corrected chi connectivity index (χ3v) is 7.78. The SMILES string of the molecule is CC(=O)OCC1C[C@@H](SSC/C=C\CC(C)(C)C)C(OC(C)=O)[C@@H](C)[C@@H]1C. The van der Waals surface area contributed by atoms with E-state index in [2.05, 4.69) is 46.8 Å². The molecule has 2 unspecified atom stereocenters. The van der Waals surface area contributed by atoms with Crippen molar-refractivity contribution < 1.29 is 19.1 Å². The predicted octanol–water partition coefficient (Wildman–Crippen LogP) is 5.52. The van der Waals surface area contributed by atoms with E-state index in [1.807, 2.05) is 0 Å². The fraction of sp³-hybridized carbons (Fsp3) is 0.810. The average molecular weight is 417 g/mol. The van der Waals surface area contributed by atoms with E-state index in [0.717, 1.165) is 18.6 Å². The zero-order valence-electron chi connectivity index (χ0n) is 17.8. The molecule has 0 aromatic carbocycles. The van der Waals surface area contributed by atoms with Crippen LogP contribution >= 0.6 is 21.6 Å². The molecular formula is C21H36O4S2. The van der Waals surface area contributed by atoms with Crippen LogP contribution in [0, 0.1) is 23.2 Å². The zero-order chi connectivity index (χ0) is 20.6. The molecule has 0 aliphatic heterocycles. The van der Waals surface area contributed by atoms with Crippen LogP contribution in [0.25, 0.3) is 0 Å². The van der Waals surface area contributed by atoms with Gasteiger partial charge in [-0.25, -0.2) is 0 Å². The number of ether oxygens (including phenoxy) is 2.